The Morgan fingerprint density at radius 3 is 2.56 bits per heavy atom. The number of guanidine groups is 1. The minimum atomic E-state index is 0.0701. The highest BCUT2D eigenvalue weighted by Gasteiger charge is 2.34. The second-order valence-electron chi connectivity index (χ2n) is 7.27. The predicted molar refractivity (Wildman–Crippen MR) is 114 cm³/mol. The summed E-state index contributed by atoms with van der Waals surface area (Å²) in [6.45, 7) is 3.27. The second kappa shape index (κ2) is 8.93. The van der Waals surface area contributed by atoms with Gasteiger partial charge in [-0.15, -0.1) is 0 Å². The fourth-order valence-corrected chi connectivity index (χ4v) is 4.01. The molecule has 0 spiro atoms. The van der Waals surface area contributed by atoms with Crippen molar-refractivity contribution in [2.24, 2.45) is 12.0 Å². The molecule has 0 unspecified atom stereocenters. The minimum absolute atomic E-state index is 0.0701. The SMILES string of the molecule is CN=C(NCC1(c2ccc(Br)cc2)CCOCC1)N(C)Cc1cccn1C. The average molecular weight is 433 g/mol. The Morgan fingerprint density at radius 1 is 1.26 bits per heavy atom. The van der Waals surface area contributed by atoms with Crippen LogP contribution in [0.5, 0.6) is 0 Å². The van der Waals surface area contributed by atoms with Crippen molar-refractivity contribution in [3.63, 3.8) is 0 Å². The molecule has 0 aliphatic carbocycles. The summed E-state index contributed by atoms with van der Waals surface area (Å²) < 4.78 is 8.91. The zero-order valence-corrected chi connectivity index (χ0v) is 18.0. The van der Waals surface area contributed by atoms with E-state index < -0.39 is 0 Å². The van der Waals surface area contributed by atoms with Gasteiger partial charge in [0.1, 0.15) is 0 Å². The molecule has 1 saturated heterocycles. The van der Waals surface area contributed by atoms with Crippen LogP contribution in [0.25, 0.3) is 0 Å². The number of nitrogens with zero attached hydrogens (tertiary/aromatic N) is 3. The van der Waals surface area contributed by atoms with Crippen molar-refractivity contribution in [1.82, 2.24) is 14.8 Å². The van der Waals surface area contributed by atoms with E-state index >= 15 is 0 Å². The van der Waals surface area contributed by atoms with Gasteiger partial charge in [0.05, 0.1) is 6.54 Å². The molecule has 1 aromatic heterocycles. The molecule has 27 heavy (non-hydrogen) atoms. The number of aryl methyl sites for hydroxylation is 1. The van der Waals surface area contributed by atoms with Gasteiger partial charge in [0.15, 0.2) is 5.96 Å². The molecular weight excluding hydrogens is 404 g/mol. The van der Waals surface area contributed by atoms with Gasteiger partial charge in [0.2, 0.25) is 0 Å². The maximum atomic E-state index is 5.65. The van der Waals surface area contributed by atoms with Crippen molar-refractivity contribution in [3.8, 4) is 0 Å². The first kappa shape index (κ1) is 20.0. The minimum Gasteiger partial charge on any atom is -0.381 e. The molecule has 5 nitrogen and oxygen atoms in total. The normalized spacial score (nSPS) is 17.0. The molecule has 1 aromatic carbocycles. The van der Waals surface area contributed by atoms with E-state index in [0.29, 0.717) is 0 Å². The molecule has 1 aliphatic heterocycles. The molecule has 0 saturated carbocycles. The van der Waals surface area contributed by atoms with Gasteiger partial charge < -0.3 is 19.5 Å². The van der Waals surface area contributed by atoms with E-state index in [1.165, 1.54) is 11.3 Å². The number of aliphatic imine (C=N–C) groups is 1. The first-order valence-corrected chi connectivity index (χ1v) is 10.2. The molecule has 0 radical (unpaired) electrons. The van der Waals surface area contributed by atoms with Crippen molar-refractivity contribution >= 4 is 21.9 Å². The van der Waals surface area contributed by atoms with Crippen LogP contribution in [0.15, 0.2) is 52.1 Å². The summed E-state index contributed by atoms with van der Waals surface area (Å²) in [7, 11) is 6.00. The molecule has 1 N–H and O–H groups in total. The molecule has 6 heteroatoms. The zero-order chi connectivity index (χ0) is 19.3. The van der Waals surface area contributed by atoms with Crippen LogP contribution in [0.4, 0.5) is 0 Å². The van der Waals surface area contributed by atoms with Crippen molar-refractivity contribution in [2.45, 2.75) is 24.8 Å². The Bertz CT molecular complexity index is 763. The zero-order valence-electron chi connectivity index (χ0n) is 16.4. The molecule has 1 fully saturated rings. The van der Waals surface area contributed by atoms with Gasteiger partial charge in [-0.2, -0.15) is 0 Å². The van der Waals surface area contributed by atoms with Gasteiger partial charge >= 0.3 is 0 Å². The highest BCUT2D eigenvalue weighted by Crippen LogP contribution is 2.35. The molecule has 2 aromatic rings. The van der Waals surface area contributed by atoms with E-state index in [1.807, 2.05) is 7.05 Å². The summed E-state index contributed by atoms with van der Waals surface area (Å²) in [4.78, 5) is 6.68. The Morgan fingerprint density at radius 2 is 1.96 bits per heavy atom. The number of benzene rings is 1. The number of rotatable bonds is 5. The fourth-order valence-electron chi connectivity index (χ4n) is 3.74. The monoisotopic (exact) mass is 432 g/mol. The van der Waals surface area contributed by atoms with Crippen LogP contribution in [-0.4, -0.2) is 49.3 Å². The summed E-state index contributed by atoms with van der Waals surface area (Å²) >= 11 is 3.55. The van der Waals surface area contributed by atoms with E-state index in [1.54, 1.807) is 0 Å². The van der Waals surface area contributed by atoms with E-state index in [2.05, 4.69) is 92.4 Å². The van der Waals surface area contributed by atoms with Crippen molar-refractivity contribution < 1.29 is 4.74 Å². The molecule has 2 heterocycles. The maximum absolute atomic E-state index is 5.65. The van der Waals surface area contributed by atoms with E-state index in [0.717, 1.165) is 49.6 Å². The third-order valence-corrected chi connectivity index (χ3v) is 6.04. The number of ether oxygens (including phenoxy) is 1. The third-order valence-electron chi connectivity index (χ3n) is 5.52. The molecule has 1 aliphatic rings. The highest BCUT2D eigenvalue weighted by molar-refractivity contribution is 9.10. The van der Waals surface area contributed by atoms with Crippen LogP contribution in [-0.2, 0) is 23.7 Å². The number of hydrogen-bond acceptors (Lipinski definition) is 2. The first-order valence-electron chi connectivity index (χ1n) is 9.40. The second-order valence-corrected chi connectivity index (χ2v) is 8.18. The summed E-state index contributed by atoms with van der Waals surface area (Å²) in [6, 6.07) is 12.9. The van der Waals surface area contributed by atoms with Gasteiger partial charge in [-0.1, -0.05) is 28.1 Å². The van der Waals surface area contributed by atoms with E-state index in [9.17, 15) is 0 Å². The molecule has 3 rings (SSSR count). The average Bonchev–Trinajstić information content (AvgIpc) is 3.08. The first-order chi connectivity index (χ1) is 13.0. The van der Waals surface area contributed by atoms with Crippen LogP contribution < -0.4 is 5.32 Å². The molecule has 146 valence electrons. The summed E-state index contributed by atoms with van der Waals surface area (Å²) in [5.74, 6) is 0.916. The standard InChI is InChI=1S/C21H29BrN4O/c1-23-20(26(3)15-19-5-4-12-25(19)2)24-16-21(10-13-27-14-11-21)17-6-8-18(22)9-7-17/h4-9,12H,10-11,13-16H2,1-3H3,(H,23,24). The number of hydrogen-bond donors (Lipinski definition) is 1. The van der Waals surface area contributed by atoms with Gasteiger partial charge in [0.25, 0.3) is 0 Å². The lowest BCUT2D eigenvalue weighted by molar-refractivity contribution is 0.0512. The highest BCUT2D eigenvalue weighted by atomic mass is 79.9. The van der Waals surface area contributed by atoms with Crippen molar-refractivity contribution in [1.29, 1.82) is 0 Å². The predicted octanol–water partition coefficient (Wildman–Crippen LogP) is 3.54. The van der Waals surface area contributed by atoms with Gasteiger partial charge in [-0.25, -0.2) is 0 Å². The van der Waals surface area contributed by atoms with Crippen molar-refractivity contribution in [2.75, 3.05) is 33.9 Å². The van der Waals surface area contributed by atoms with E-state index in [-0.39, 0.29) is 5.41 Å². The summed E-state index contributed by atoms with van der Waals surface area (Å²) in [6.07, 6.45) is 4.10. The lowest BCUT2D eigenvalue weighted by Crippen LogP contribution is -2.48. The molecule has 0 amide bonds. The van der Waals surface area contributed by atoms with E-state index in [4.69, 9.17) is 4.74 Å². The Balaban J connectivity index is 1.72. The summed E-state index contributed by atoms with van der Waals surface area (Å²) in [5.41, 5.74) is 2.69. The topological polar surface area (TPSA) is 41.8 Å². The molecular formula is C21H29BrN4O. The van der Waals surface area contributed by atoms with Crippen LogP contribution in [0, 0.1) is 0 Å². The van der Waals surface area contributed by atoms with Crippen LogP contribution in [0.1, 0.15) is 24.1 Å². The Hall–Kier alpha value is -1.79. The largest absolute Gasteiger partial charge is 0.381 e. The van der Waals surface area contributed by atoms with Gasteiger partial charge in [-0.05, 0) is 42.7 Å². The van der Waals surface area contributed by atoms with Crippen LogP contribution in [0.3, 0.4) is 0 Å². The Kier molecular flexibility index (Phi) is 6.60. The van der Waals surface area contributed by atoms with Gasteiger partial charge in [0, 0.05) is 62.7 Å². The lowest BCUT2D eigenvalue weighted by Gasteiger charge is -2.39. The van der Waals surface area contributed by atoms with Gasteiger partial charge in [-0.3, -0.25) is 4.99 Å². The van der Waals surface area contributed by atoms with Crippen LogP contribution >= 0.6 is 15.9 Å². The quantitative estimate of drug-likeness (QED) is 0.580. The van der Waals surface area contributed by atoms with Crippen molar-refractivity contribution in [3.05, 3.63) is 58.3 Å². The molecule has 0 bridgehead atoms. The number of halogens is 1. The smallest absolute Gasteiger partial charge is 0.193 e. The Labute approximate surface area is 170 Å². The lowest BCUT2D eigenvalue weighted by atomic mass is 9.74. The third kappa shape index (κ3) is 4.74. The number of nitrogens with one attached hydrogen (secondary N) is 1. The van der Waals surface area contributed by atoms with Crippen LogP contribution in [0.2, 0.25) is 0 Å². The summed E-state index contributed by atoms with van der Waals surface area (Å²) in [5, 5.41) is 3.62. The fraction of sp³-hybridized carbons (Fsp3) is 0.476. The number of aromatic nitrogens is 1. The molecule has 0 atom stereocenters. The maximum Gasteiger partial charge on any atom is 0.193 e.